The highest BCUT2D eigenvalue weighted by molar-refractivity contribution is 5.83. The van der Waals surface area contributed by atoms with E-state index in [1.807, 2.05) is 6.07 Å². The fourth-order valence-electron chi connectivity index (χ4n) is 2.98. The number of furan rings is 1. The first kappa shape index (κ1) is 16.3. The van der Waals surface area contributed by atoms with E-state index in [-0.39, 0.29) is 18.0 Å². The summed E-state index contributed by atoms with van der Waals surface area (Å²) in [5.41, 5.74) is 0.930. The number of carbonyl (C=O) groups excluding carboxylic acids is 1. The van der Waals surface area contributed by atoms with Gasteiger partial charge in [0.2, 0.25) is 5.91 Å². The zero-order chi connectivity index (χ0) is 18.1. The fraction of sp³-hybridized carbons (Fsp3) is 0.263. The van der Waals surface area contributed by atoms with Gasteiger partial charge in [0.1, 0.15) is 19.0 Å². The van der Waals surface area contributed by atoms with Crippen LogP contribution in [0.15, 0.2) is 45.8 Å². The SMILES string of the molecule is CC(=O)N(Cc1ccco1)Cc1cc2cc3c(cc2[nH]c1=O)OCCO3. The number of H-pyrrole nitrogens is 1. The van der Waals surface area contributed by atoms with Gasteiger partial charge in [-0.1, -0.05) is 0 Å². The zero-order valence-electron chi connectivity index (χ0n) is 14.3. The Morgan fingerprint density at radius 2 is 1.92 bits per heavy atom. The Labute approximate surface area is 149 Å². The number of nitrogens with one attached hydrogen (secondary N) is 1. The van der Waals surface area contributed by atoms with Crippen molar-refractivity contribution in [1.82, 2.24) is 9.88 Å². The molecule has 3 aromatic rings. The lowest BCUT2D eigenvalue weighted by atomic mass is 10.1. The van der Waals surface area contributed by atoms with Gasteiger partial charge in [0.25, 0.3) is 5.56 Å². The molecule has 0 radical (unpaired) electrons. The van der Waals surface area contributed by atoms with E-state index in [2.05, 4.69) is 4.98 Å². The predicted molar refractivity (Wildman–Crippen MR) is 94.2 cm³/mol. The number of hydrogen-bond donors (Lipinski definition) is 1. The van der Waals surface area contributed by atoms with Crippen LogP contribution >= 0.6 is 0 Å². The second-order valence-corrected chi connectivity index (χ2v) is 6.16. The van der Waals surface area contributed by atoms with Crippen LogP contribution in [-0.4, -0.2) is 29.0 Å². The number of fused-ring (bicyclic) bond motifs is 2. The van der Waals surface area contributed by atoms with Crippen LogP contribution in [0.4, 0.5) is 0 Å². The molecule has 0 bridgehead atoms. The van der Waals surface area contributed by atoms with Crippen LogP contribution in [0.5, 0.6) is 11.5 Å². The van der Waals surface area contributed by atoms with Crippen LogP contribution in [0.1, 0.15) is 18.2 Å². The van der Waals surface area contributed by atoms with Gasteiger partial charge in [0.15, 0.2) is 11.5 Å². The van der Waals surface area contributed by atoms with Gasteiger partial charge in [-0.3, -0.25) is 9.59 Å². The van der Waals surface area contributed by atoms with Gasteiger partial charge in [-0.05, 0) is 24.3 Å². The third-order valence-electron chi connectivity index (χ3n) is 4.32. The molecule has 1 aliphatic heterocycles. The summed E-state index contributed by atoms with van der Waals surface area (Å²) in [5, 5.41) is 0.824. The summed E-state index contributed by atoms with van der Waals surface area (Å²) in [4.78, 5) is 28.9. The maximum absolute atomic E-state index is 12.5. The van der Waals surface area contributed by atoms with Gasteiger partial charge in [0.05, 0.1) is 24.9 Å². The minimum Gasteiger partial charge on any atom is -0.486 e. The lowest BCUT2D eigenvalue weighted by molar-refractivity contribution is -0.130. The first-order valence-corrected chi connectivity index (χ1v) is 8.33. The first-order valence-electron chi connectivity index (χ1n) is 8.33. The van der Waals surface area contributed by atoms with E-state index in [4.69, 9.17) is 13.9 Å². The Morgan fingerprint density at radius 1 is 1.15 bits per heavy atom. The largest absolute Gasteiger partial charge is 0.486 e. The molecule has 1 N–H and O–H groups in total. The smallest absolute Gasteiger partial charge is 0.253 e. The molecule has 0 saturated carbocycles. The van der Waals surface area contributed by atoms with Gasteiger partial charge in [-0.15, -0.1) is 0 Å². The Bertz CT molecular complexity index is 1010. The average molecular weight is 354 g/mol. The molecule has 0 saturated heterocycles. The van der Waals surface area contributed by atoms with E-state index in [1.54, 1.807) is 35.4 Å². The van der Waals surface area contributed by atoms with E-state index in [1.165, 1.54) is 6.92 Å². The molecule has 3 heterocycles. The molecule has 2 aromatic heterocycles. The number of aromatic amines is 1. The number of benzene rings is 1. The summed E-state index contributed by atoms with van der Waals surface area (Å²) >= 11 is 0. The van der Waals surface area contributed by atoms with Crippen LogP contribution in [0, 0.1) is 0 Å². The number of amides is 1. The number of pyridine rings is 1. The Balaban J connectivity index is 1.67. The molecule has 1 amide bonds. The van der Waals surface area contributed by atoms with E-state index in [0.29, 0.717) is 48.1 Å². The Kier molecular flexibility index (Phi) is 4.12. The Hall–Kier alpha value is -3.22. The summed E-state index contributed by atoms with van der Waals surface area (Å²) in [6.07, 6.45) is 1.56. The minimum atomic E-state index is -0.236. The number of nitrogens with zero attached hydrogens (tertiary/aromatic N) is 1. The van der Waals surface area contributed by atoms with Crippen molar-refractivity contribution in [3.05, 3.63) is 58.3 Å². The molecule has 1 aromatic carbocycles. The molecule has 0 fully saturated rings. The Morgan fingerprint density at radius 3 is 2.62 bits per heavy atom. The quantitative estimate of drug-likeness (QED) is 0.778. The van der Waals surface area contributed by atoms with Gasteiger partial charge in [-0.25, -0.2) is 0 Å². The molecule has 0 aliphatic carbocycles. The molecule has 0 atom stereocenters. The van der Waals surface area contributed by atoms with Gasteiger partial charge in [0, 0.05) is 23.9 Å². The molecule has 1 aliphatic rings. The molecule has 0 spiro atoms. The molecular weight excluding hydrogens is 336 g/mol. The topological polar surface area (TPSA) is 84.8 Å². The van der Waals surface area contributed by atoms with Crippen LogP contribution in [-0.2, 0) is 17.9 Å². The highest BCUT2D eigenvalue weighted by Gasteiger charge is 2.17. The molecular formula is C19H18N2O5. The van der Waals surface area contributed by atoms with Crippen LogP contribution in [0.25, 0.3) is 10.9 Å². The van der Waals surface area contributed by atoms with Crippen molar-refractivity contribution in [2.24, 2.45) is 0 Å². The average Bonchev–Trinajstić information content (AvgIpc) is 3.13. The summed E-state index contributed by atoms with van der Waals surface area (Å²) in [7, 11) is 0. The molecule has 0 unspecified atom stereocenters. The fourth-order valence-corrected chi connectivity index (χ4v) is 2.98. The summed E-state index contributed by atoms with van der Waals surface area (Å²) < 4.78 is 16.4. The normalized spacial score (nSPS) is 13.0. The third-order valence-corrected chi connectivity index (χ3v) is 4.32. The maximum Gasteiger partial charge on any atom is 0.253 e. The van der Waals surface area contributed by atoms with Crippen molar-refractivity contribution in [2.75, 3.05) is 13.2 Å². The van der Waals surface area contributed by atoms with E-state index < -0.39 is 0 Å². The maximum atomic E-state index is 12.5. The van der Waals surface area contributed by atoms with E-state index >= 15 is 0 Å². The molecule has 7 heteroatoms. The highest BCUT2D eigenvalue weighted by atomic mass is 16.6. The summed E-state index contributed by atoms with van der Waals surface area (Å²) in [6.45, 7) is 2.95. The van der Waals surface area contributed by atoms with Gasteiger partial charge >= 0.3 is 0 Å². The van der Waals surface area contributed by atoms with E-state index in [9.17, 15) is 9.59 Å². The lowest BCUT2D eigenvalue weighted by Gasteiger charge is -2.21. The monoisotopic (exact) mass is 354 g/mol. The van der Waals surface area contributed by atoms with Gasteiger partial charge < -0.3 is 23.8 Å². The number of carbonyl (C=O) groups is 1. The molecule has 134 valence electrons. The lowest BCUT2D eigenvalue weighted by Crippen LogP contribution is -2.30. The van der Waals surface area contributed by atoms with Crippen LogP contribution < -0.4 is 15.0 Å². The third kappa shape index (κ3) is 3.15. The highest BCUT2D eigenvalue weighted by Crippen LogP contribution is 2.33. The molecule has 7 nitrogen and oxygen atoms in total. The second kappa shape index (κ2) is 6.59. The van der Waals surface area contributed by atoms with Crippen molar-refractivity contribution in [1.29, 1.82) is 0 Å². The van der Waals surface area contributed by atoms with Crippen molar-refractivity contribution < 1.29 is 18.7 Å². The molecule has 4 rings (SSSR count). The van der Waals surface area contributed by atoms with Crippen LogP contribution in [0.2, 0.25) is 0 Å². The van der Waals surface area contributed by atoms with E-state index in [0.717, 1.165) is 5.39 Å². The number of aromatic nitrogens is 1. The number of rotatable bonds is 4. The minimum absolute atomic E-state index is 0.136. The molecule has 26 heavy (non-hydrogen) atoms. The standard InChI is InChI=1S/C19H18N2O5/c1-12(22)21(11-15-3-2-4-24-15)10-14-7-13-8-17-18(26-6-5-25-17)9-16(13)20-19(14)23/h2-4,7-9H,5-6,10-11H2,1H3,(H,20,23). The summed E-state index contributed by atoms with van der Waals surface area (Å²) in [6, 6.07) is 8.95. The van der Waals surface area contributed by atoms with Crippen molar-refractivity contribution in [3.63, 3.8) is 0 Å². The predicted octanol–water partition coefficient (Wildman–Crippen LogP) is 2.44. The number of ether oxygens (including phenoxy) is 2. The van der Waals surface area contributed by atoms with Crippen LogP contribution in [0.3, 0.4) is 0 Å². The van der Waals surface area contributed by atoms with Crippen molar-refractivity contribution >= 4 is 16.8 Å². The summed E-state index contributed by atoms with van der Waals surface area (Å²) in [5.74, 6) is 1.80. The second-order valence-electron chi connectivity index (χ2n) is 6.16. The first-order chi connectivity index (χ1) is 12.6. The number of hydrogen-bond acceptors (Lipinski definition) is 5. The van der Waals surface area contributed by atoms with Crippen molar-refractivity contribution in [3.8, 4) is 11.5 Å². The van der Waals surface area contributed by atoms with Crippen molar-refractivity contribution in [2.45, 2.75) is 20.0 Å². The van der Waals surface area contributed by atoms with Gasteiger partial charge in [-0.2, -0.15) is 0 Å². The zero-order valence-corrected chi connectivity index (χ0v) is 14.3.